The van der Waals surface area contributed by atoms with Crippen LogP contribution in [-0.4, -0.2) is 66.3 Å². The molecule has 126 valence electrons. The molecule has 7 heteroatoms. The van der Waals surface area contributed by atoms with Gasteiger partial charge in [0.15, 0.2) is 0 Å². The lowest BCUT2D eigenvalue weighted by Crippen LogP contribution is -2.40. The predicted molar refractivity (Wildman–Crippen MR) is 83.9 cm³/mol. The fourth-order valence-corrected chi connectivity index (χ4v) is 3.39. The van der Waals surface area contributed by atoms with Gasteiger partial charge in [0.1, 0.15) is 18.3 Å². The zero-order valence-electron chi connectivity index (χ0n) is 13.4. The highest BCUT2D eigenvalue weighted by Gasteiger charge is 2.34. The summed E-state index contributed by atoms with van der Waals surface area (Å²) in [4.78, 5) is 23.8. The van der Waals surface area contributed by atoms with Crippen LogP contribution in [0.2, 0.25) is 0 Å². The number of anilines is 1. The van der Waals surface area contributed by atoms with Crippen LogP contribution in [-0.2, 0) is 9.53 Å². The van der Waals surface area contributed by atoms with Gasteiger partial charge in [0, 0.05) is 25.2 Å². The summed E-state index contributed by atoms with van der Waals surface area (Å²) in [5, 5.41) is 0. The zero-order chi connectivity index (χ0) is 16.2. The Balaban J connectivity index is 1.54. The van der Waals surface area contributed by atoms with Crippen molar-refractivity contribution >= 4 is 11.8 Å². The molecule has 2 aliphatic heterocycles. The Morgan fingerprint density at radius 2 is 2.39 bits per heavy atom. The van der Waals surface area contributed by atoms with Crippen molar-refractivity contribution in [2.45, 2.75) is 31.5 Å². The molecule has 0 aromatic carbocycles. The van der Waals surface area contributed by atoms with Crippen molar-refractivity contribution < 1.29 is 13.9 Å². The molecule has 0 N–H and O–H groups in total. The fourth-order valence-electron chi connectivity index (χ4n) is 3.39. The van der Waals surface area contributed by atoms with Gasteiger partial charge in [0.2, 0.25) is 0 Å². The summed E-state index contributed by atoms with van der Waals surface area (Å²) < 4.78 is 18.9. The quantitative estimate of drug-likeness (QED) is 0.735. The van der Waals surface area contributed by atoms with E-state index in [0.29, 0.717) is 19.6 Å². The second-order valence-electron chi connectivity index (χ2n) is 6.41. The molecule has 1 aromatic heterocycles. The van der Waals surface area contributed by atoms with Crippen molar-refractivity contribution in [1.29, 1.82) is 0 Å². The van der Waals surface area contributed by atoms with Crippen molar-refractivity contribution in [3.8, 4) is 0 Å². The molecule has 0 bridgehead atoms. The Morgan fingerprint density at radius 1 is 1.52 bits per heavy atom. The minimum atomic E-state index is -0.826. The van der Waals surface area contributed by atoms with Crippen molar-refractivity contribution in [2.75, 3.05) is 38.2 Å². The van der Waals surface area contributed by atoms with Crippen LogP contribution in [0.25, 0.3) is 0 Å². The van der Waals surface area contributed by atoms with Crippen molar-refractivity contribution in [3.63, 3.8) is 0 Å². The largest absolute Gasteiger partial charge is 0.465 e. The highest BCUT2D eigenvalue weighted by molar-refractivity contribution is 5.74. The number of hydrogen-bond donors (Lipinski definition) is 0. The summed E-state index contributed by atoms with van der Waals surface area (Å²) in [6.45, 7) is 2.49. The Hall–Kier alpha value is -1.76. The zero-order valence-corrected chi connectivity index (χ0v) is 13.4. The van der Waals surface area contributed by atoms with E-state index >= 15 is 0 Å². The average molecular weight is 322 g/mol. The maximum absolute atomic E-state index is 13.9. The number of nitrogens with zero attached hydrogens (tertiary/aromatic N) is 4. The number of likely N-dealkylation sites (N-methyl/N-ethyl adjacent to an activating group) is 1. The molecule has 2 fully saturated rings. The highest BCUT2D eigenvalue weighted by Crippen LogP contribution is 2.26. The van der Waals surface area contributed by atoms with E-state index < -0.39 is 6.17 Å². The van der Waals surface area contributed by atoms with E-state index in [-0.39, 0.29) is 17.9 Å². The molecule has 3 atom stereocenters. The molecule has 23 heavy (non-hydrogen) atoms. The number of carbonyl (C=O) groups is 1. The molecule has 0 saturated carbocycles. The van der Waals surface area contributed by atoms with Crippen LogP contribution in [0.4, 0.5) is 10.2 Å². The molecule has 0 unspecified atom stereocenters. The molecular weight excluding hydrogens is 299 g/mol. The molecule has 0 radical (unpaired) electrons. The van der Waals surface area contributed by atoms with E-state index in [0.717, 1.165) is 31.7 Å². The highest BCUT2D eigenvalue weighted by atomic mass is 19.1. The third-order valence-electron chi connectivity index (χ3n) is 4.65. The number of cyclic esters (lactones) is 1. The number of halogens is 1. The number of carbonyl (C=O) groups excluding carboxylic acids is 1. The topological polar surface area (TPSA) is 58.6 Å². The fraction of sp³-hybridized carbons (Fsp3) is 0.688. The van der Waals surface area contributed by atoms with Gasteiger partial charge >= 0.3 is 5.97 Å². The second kappa shape index (κ2) is 7.21. The van der Waals surface area contributed by atoms with Gasteiger partial charge in [-0.2, -0.15) is 0 Å². The summed E-state index contributed by atoms with van der Waals surface area (Å²) in [6.07, 6.45) is 4.48. The first kappa shape index (κ1) is 16.1. The Kier molecular flexibility index (Phi) is 5.05. The lowest BCUT2D eigenvalue weighted by Gasteiger charge is -2.29. The monoisotopic (exact) mass is 322 g/mol. The molecule has 2 aliphatic rings. The van der Waals surface area contributed by atoms with Gasteiger partial charge in [-0.1, -0.05) is 0 Å². The van der Waals surface area contributed by atoms with Gasteiger partial charge in [-0.15, -0.1) is 0 Å². The number of hydrogen-bond acceptors (Lipinski definition) is 6. The smallest absolute Gasteiger partial charge is 0.309 e. The van der Waals surface area contributed by atoms with Crippen molar-refractivity contribution in [1.82, 2.24) is 14.9 Å². The molecule has 3 heterocycles. The SMILES string of the molecule is CN(CC[C@@H]1CCOC1=O)C[C@@H]1C[C@H](F)CN1c1ccncn1. The van der Waals surface area contributed by atoms with Gasteiger partial charge in [-0.3, -0.25) is 4.79 Å². The maximum atomic E-state index is 13.9. The van der Waals surface area contributed by atoms with E-state index in [1.54, 1.807) is 6.20 Å². The van der Waals surface area contributed by atoms with Crippen LogP contribution in [0.3, 0.4) is 0 Å². The van der Waals surface area contributed by atoms with E-state index in [4.69, 9.17) is 4.74 Å². The van der Waals surface area contributed by atoms with Crippen LogP contribution in [0.1, 0.15) is 19.3 Å². The van der Waals surface area contributed by atoms with E-state index in [1.807, 2.05) is 18.0 Å². The van der Waals surface area contributed by atoms with Crippen LogP contribution in [0.5, 0.6) is 0 Å². The standard InChI is InChI=1S/C16H23FN4O2/c1-20(6-3-12-4-7-23-16(12)22)10-14-8-13(17)9-21(14)15-2-5-18-11-19-15/h2,5,11-14H,3-4,6-10H2,1H3/t12-,13+,14+/m1/s1. The molecule has 6 nitrogen and oxygen atoms in total. The molecule has 0 aliphatic carbocycles. The van der Waals surface area contributed by atoms with Crippen LogP contribution < -0.4 is 4.90 Å². The summed E-state index contributed by atoms with van der Waals surface area (Å²) >= 11 is 0. The van der Waals surface area contributed by atoms with E-state index in [2.05, 4.69) is 14.9 Å². The lowest BCUT2D eigenvalue weighted by atomic mass is 10.0. The van der Waals surface area contributed by atoms with Crippen LogP contribution >= 0.6 is 0 Å². The van der Waals surface area contributed by atoms with Crippen LogP contribution in [0.15, 0.2) is 18.6 Å². The normalized spacial score (nSPS) is 27.7. The third kappa shape index (κ3) is 3.96. The predicted octanol–water partition coefficient (Wildman–Crippen LogP) is 1.28. The van der Waals surface area contributed by atoms with Crippen molar-refractivity contribution in [3.05, 3.63) is 18.6 Å². The Bertz CT molecular complexity index is 530. The number of rotatable bonds is 6. The van der Waals surface area contributed by atoms with Gasteiger partial charge in [-0.05, 0) is 32.5 Å². The summed E-state index contributed by atoms with van der Waals surface area (Å²) in [5.41, 5.74) is 0. The maximum Gasteiger partial charge on any atom is 0.309 e. The Morgan fingerprint density at radius 3 is 3.09 bits per heavy atom. The minimum Gasteiger partial charge on any atom is -0.465 e. The first-order valence-electron chi connectivity index (χ1n) is 8.15. The molecule has 1 aromatic rings. The summed E-state index contributed by atoms with van der Waals surface area (Å²) in [6, 6.07) is 1.92. The van der Waals surface area contributed by atoms with E-state index in [1.165, 1.54) is 6.33 Å². The third-order valence-corrected chi connectivity index (χ3v) is 4.65. The second-order valence-corrected chi connectivity index (χ2v) is 6.41. The molecule has 2 saturated heterocycles. The molecular formula is C16H23FN4O2. The molecule has 0 spiro atoms. The average Bonchev–Trinajstić information content (AvgIpc) is 3.12. The summed E-state index contributed by atoms with van der Waals surface area (Å²) in [7, 11) is 2.02. The summed E-state index contributed by atoms with van der Waals surface area (Å²) in [5.74, 6) is 0.719. The first-order valence-corrected chi connectivity index (χ1v) is 8.15. The first-order chi connectivity index (χ1) is 11.1. The Labute approximate surface area is 135 Å². The van der Waals surface area contributed by atoms with Gasteiger partial charge < -0.3 is 14.5 Å². The van der Waals surface area contributed by atoms with Gasteiger partial charge in [0.25, 0.3) is 0 Å². The van der Waals surface area contributed by atoms with Gasteiger partial charge in [-0.25, -0.2) is 14.4 Å². The number of esters is 1. The number of alkyl halides is 1. The van der Waals surface area contributed by atoms with E-state index in [9.17, 15) is 9.18 Å². The molecule has 3 rings (SSSR count). The van der Waals surface area contributed by atoms with Crippen molar-refractivity contribution in [2.24, 2.45) is 5.92 Å². The van der Waals surface area contributed by atoms with Crippen LogP contribution in [0, 0.1) is 5.92 Å². The number of aromatic nitrogens is 2. The lowest BCUT2D eigenvalue weighted by molar-refractivity contribution is -0.141. The molecule has 0 amide bonds. The minimum absolute atomic E-state index is 0.0212. The number of ether oxygens (including phenoxy) is 1. The van der Waals surface area contributed by atoms with Gasteiger partial charge in [0.05, 0.1) is 19.1 Å².